The molecule has 3 fully saturated rings. The lowest BCUT2D eigenvalue weighted by Gasteiger charge is -2.36. The van der Waals surface area contributed by atoms with E-state index in [1.165, 1.54) is 57.2 Å². The standard InChI is InChI=1S/C23H36N4O/c1-24-23(26-20-11-14-27(15-12-20)21-9-5-6-10-21)25-17-19-13-16-28-22(19)18-7-3-2-4-8-18/h2-4,7-8,19-22H,5-6,9-17H2,1H3,(H2,24,25,26). The molecule has 0 spiro atoms. The van der Waals surface area contributed by atoms with Crippen LogP contribution in [0.1, 0.15) is 56.6 Å². The van der Waals surface area contributed by atoms with E-state index in [4.69, 9.17) is 4.74 Å². The second kappa shape index (κ2) is 9.75. The summed E-state index contributed by atoms with van der Waals surface area (Å²) in [6, 6.07) is 12.0. The number of guanidine groups is 1. The molecule has 1 aromatic rings. The molecule has 5 heteroatoms. The Morgan fingerprint density at radius 2 is 1.82 bits per heavy atom. The zero-order valence-corrected chi connectivity index (χ0v) is 17.3. The summed E-state index contributed by atoms with van der Waals surface area (Å²) in [5.41, 5.74) is 1.29. The summed E-state index contributed by atoms with van der Waals surface area (Å²) in [6.07, 6.45) is 9.40. The van der Waals surface area contributed by atoms with Gasteiger partial charge < -0.3 is 20.3 Å². The maximum atomic E-state index is 6.02. The van der Waals surface area contributed by atoms with Crippen molar-refractivity contribution in [3.8, 4) is 0 Å². The van der Waals surface area contributed by atoms with E-state index in [0.29, 0.717) is 12.0 Å². The summed E-state index contributed by atoms with van der Waals surface area (Å²) in [5.74, 6) is 1.43. The van der Waals surface area contributed by atoms with Crippen LogP contribution < -0.4 is 10.6 Å². The van der Waals surface area contributed by atoms with Crippen molar-refractivity contribution in [2.24, 2.45) is 10.9 Å². The number of aliphatic imine (C=N–C) groups is 1. The fraction of sp³-hybridized carbons (Fsp3) is 0.696. The van der Waals surface area contributed by atoms with E-state index >= 15 is 0 Å². The van der Waals surface area contributed by atoms with Crippen LogP contribution in [-0.2, 0) is 4.74 Å². The van der Waals surface area contributed by atoms with Crippen LogP contribution in [0.25, 0.3) is 0 Å². The van der Waals surface area contributed by atoms with Crippen molar-refractivity contribution in [2.45, 2.75) is 63.1 Å². The second-order valence-electron chi connectivity index (χ2n) is 8.60. The Morgan fingerprint density at radius 3 is 2.54 bits per heavy atom. The van der Waals surface area contributed by atoms with E-state index in [0.717, 1.165) is 31.6 Å². The van der Waals surface area contributed by atoms with Gasteiger partial charge in [0.05, 0.1) is 6.10 Å². The zero-order chi connectivity index (χ0) is 19.2. The first kappa shape index (κ1) is 19.7. The summed E-state index contributed by atoms with van der Waals surface area (Å²) >= 11 is 0. The highest BCUT2D eigenvalue weighted by Crippen LogP contribution is 2.33. The maximum absolute atomic E-state index is 6.02. The highest BCUT2D eigenvalue weighted by molar-refractivity contribution is 5.80. The molecule has 2 N–H and O–H groups in total. The van der Waals surface area contributed by atoms with Gasteiger partial charge in [0, 0.05) is 51.3 Å². The third kappa shape index (κ3) is 4.87. The number of rotatable bonds is 5. The Bertz CT molecular complexity index is 621. The van der Waals surface area contributed by atoms with Gasteiger partial charge in [-0.1, -0.05) is 43.2 Å². The van der Waals surface area contributed by atoms with Gasteiger partial charge in [-0.25, -0.2) is 0 Å². The first-order valence-corrected chi connectivity index (χ1v) is 11.2. The van der Waals surface area contributed by atoms with E-state index in [2.05, 4.69) is 50.9 Å². The largest absolute Gasteiger partial charge is 0.373 e. The van der Waals surface area contributed by atoms with Crippen molar-refractivity contribution < 1.29 is 4.74 Å². The predicted octanol–water partition coefficient (Wildman–Crippen LogP) is 3.34. The van der Waals surface area contributed by atoms with E-state index < -0.39 is 0 Å². The fourth-order valence-electron chi connectivity index (χ4n) is 5.15. The second-order valence-corrected chi connectivity index (χ2v) is 8.60. The van der Waals surface area contributed by atoms with Gasteiger partial charge in [0.1, 0.15) is 0 Å². The average Bonchev–Trinajstić information content (AvgIpc) is 3.44. The molecule has 28 heavy (non-hydrogen) atoms. The monoisotopic (exact) mass is 384 g/mol. The molecule has 2 unspecified atom stereocenters. The number of piperidine rings is 1. The van der Waals surface area contributed by atoms with E-state index in [9.17, 15) is 0 Å². The summed E-state index contributed by atoms with van der Waals surface area (Å²) in [6.45, 7) is 4.20. The van der Waals surface area contributed by atoms with Gasteiger partial charge in [-0.2, -0.15) is 0 Å². The number of nitrogens with zero attached hydrogens (tertiary/aromatic N) is 2. The lowest BCUT2D eigenvalue weighted by Crippen LogP contribution is -2.50. The van der Waals surface area contributed by atoms with Crippen LogP contribution >= 0.6 is 0 Å². The number of hydrogen-bond donors (Lipinski definition) is 2. The molecule has 2 atom stereocenters. The first-order valence-electron chi connectivity index (χ1n) is 11.2. The molecule has 0 aromatic heterocycles. The lowest BCUT2D eigenvalue weighted by molar-refractivity contribution is 0.0914. The minimum atomic E-state index is 0.196. The summed E-state index contributed by atoms with van der Waals surface area (Å²) in [5, 5.41) is 7.24. The van der Waals surface area contributed by atoms with Gasteiger partial charge in [-0.3, -0.25) is 4.99 Å². The van der Waals surface area contributed by atoms with Gasteiger partial charge in [0.2, 0.25) is 0 Å². The van der Waals surface area contributed by atoms with Crippen LogP contribution in [0.5, 0.6) is 0 Å². The Balaban J connectivity index is 1.23. The van der Waals surface area contributed by atoms with E-state index in [1.54, 1.807) is 0 Å². The summed E-state index contributed by atoms with van der Waals surface area (Å²) < 4.78 is 6.02. The Labute approximate surface area is 169 Å². The molecule has 5 nitrogen and oxygen atoms in total. The topological polar surface area (TPSA) is 48.9 Å². The van der Waals surface area contributed by atoms with Gasteiger partial charge in [-0.05, 0) is 37.7 Å². The van der Waals surface area contributed by atoms with Crippen molar-refractivity contribution >= 4 is 5.96 Å². The smallest absolute Gasteiger partial charge is 0.191 e. The lowest BCUT2D eigenvalue weighted by atomic mass is 9.95. The Hall–Kier alpha value is -1.59. The van der Waals surface area contributed by atoms with Crippen molar-refractivity contribution in [3.05, 3.63) is 35.9 Å². The normalized spacial score (nSPS) is 28.0. The molecule has 1 aliphatic carbocycles. The molecular formula is C23H36N4O. The van der Waals surface area contributed by atoms with Gasteiger partial charge in [-0.15, -0.1) is 0 Å². The highest BCUT2D eigenvalue weighted by atomic mass is 16.5. The predicted molar refractivity (Wildman–Crippen MR) is 115 cm³/mol. The molecule has 0 radical (unpaired) electrons. The minimum absolute atomic E-state index is 0.196. The SMILES string of the molecule is CN=C(NCC1CCOC1c1ccccc1)NC1CCN(C2CCCC2)CC1. The van der Waals surface area contributed by atoms with Crippen LogP contribution in [0.4, 0.5) is 0 Å². The van der Waals surface area contributed by atoms with Gasteiger partial charge in [0.25, 0.3) is 0 Å². The van der Waals surface area contributed by atoms with Crippen LogP contribution in [0, 0.1) is 5.92 Å². The number of nitrogens with one attached hydrogen (secondary N) is 2. The third-order valence-electron chi connectivity index (χ3n) is 6.81. The van der Waals surface area contributed by atoms with Crippen LogP contribution in [0.3, 0.4) is 0 Å². The molecule has 4 rings (SSSR count). The molecule has 154 valence electrons. The van der Waals surface area contributed by atoms with Crippen molar-refractivity contribution in [1.82, 2.24) is 15.5 Å². The van der Waals surface area contributed by atoms with Crippen LogP contribution in [0.15, 0.2) is 35.3 Å². The number of benzene rings is 1. The number of likely N-dealkylation sites (tertiary alicyclic amines) is 1. The quantitative estimate of drug-likeness (QED) is 0.604. The maximum Gasteiger partial charge on any atom is 0.191 e. The van der Waals surface area contributed by atoms with Crippen LogP contribution in [0.2, 0.25) is 0 Å². The Morgan fingerprint density at radius 1 is 1.07 bits per heavy atom. The van der Waals surface area contributed by atoms with E-state index in [-0.39, 0.29) is 6.10 Å². The molecule has 0 amide bonds. The summed E-state index contributed by atoms with van der Waals surface area (Å²) in [7, 11) is 1.88. The number of ether oxygens (including phenoxy) is 1. The molecule has 0 bridgehead atoms. The van der Waals surface area contributed by atoms with Gasteiger partial charge >= 0.3 is 0 Å². The minimum Gasteiger partial charge on any atom is -0.373 e. The molecular weight excluding hydrogens is 348 g/mol. The first-order chi connectivity index (χ1) is 13.8. The molecule has 1 saturated carbocycles. The number of hydrogen-bond acceptors (Lipinski definition) is 3. The Kier molecular flexibility index (Phi) is 6.86. The molecule has 2 heterocycles. The molecule has 2 saturated heterocycles. The van der Waals surface area contributed by atoms with Gasteiger partial charge in [0.15, 0.2) is 5.96 Å². The summed E-state index contributed by atoms with van der Waals surface area (Å²) in [4.78, 5) is 7.20. The van der Waals surface area contributed by atoms with Crippen molar-refractivity contribution in [3.63, 3.8) is 0 Å². The van der Waals surface area contributed by atoms with Crippen molar-refractivity contribution in [1.29, 1.82) is 0 Å². The zero-order valence-electron chi connectivity index (χ0n) is 17.3. The van der Waals surface area contributed by atoms with Crippen molar-refractivity contribution in [2.75, 3.05) is 33.3 Å². The molecule has 3 aliphatic rings. The average molecular weight is 385 g/mol. The van der Waals surface area contributed by atoms with E-state index in [1.807, 2.05) is 7.05 Å². The third-order valence-corrected chi connectivity index (χ3v) is 6.81. The fourth-order valence-corrected chi connectivity index (χ4v) is 5.15. The molecule has 2 aliphatic heterocycles. The molecule has 1 aromatic carbocycles. The van der Waals surface area contributed by atoms with Crippen LogP contribution in [-0.4, -0.2) is 56.2 Å². The highest BCUT2D eigenvalue weighted by Gasteiger charge is 2.30.